The first kappa shape index (κ1) is 15.5. The SMILES string of the molecule is Clc1cccc(C2Oc3ccccc3C3CC(c4ccccc4)=NN32)c1. The van der Waals surface area contributed by atoms with Crippen molar-refractivity contribution >= 4 is 17.3 Å². The fraction of sp³-hybridized carbons (Fsp3) is 0.136. The zero-order valence-electron chi connectivity index (χ0n) is 14.0. The number of benzene rings is 3. The predicted molar refractivity (Wildman–Crippen MR) is 103 cm³/mol. The lowest BCUT2D eigenvalue weighted by molar-refractivity contribution is -0.0190. The van der Waals surface area contributed by atoms with Crippen LogP contribution >= 0.6 is 11.6 Å². The van der Waals surface area contributed by atoms with Crippen LogP contribution < -0.4 is 4.74 Å². The second-order valence-electron chi connectivity index (χ2n) is 6.58. The van der Waals surface area contributed by atoms with E-state index in [2.05, 4.69) is 29.3 Å². The van der Waals surface area contributed by atoms with Crippen LogP contribution in [0.5, 0.6) is 5.75 Å². The summed E-state index contributed by atoms with van der Waals surface area (Å²) in [5.41, 5.74) is 4.43. The highest BCUT2D eigenvalue weighted by Gasteiger charge is 2.40. The highest BCUT2D eigenvalue weighted by Crippen LogP contribution is 2.47. The number of rotatable bonds is 2. The maximum absolute atomic E-state index is 6.33. The van der Waals surface area contributed by atoms with E-state index in [9.17, 15) is 0 Å². The van der Waals surface area contributed by atoms with Crippen molar-refractivity contribution in [2.75, 3.05) is 0 Å². The van der Waals surface area contributed by atoms with E-state index in [1.165, 1.54) is 5.56 Å². The lowest BCUT2D eigenvalue weighted by atomic mass is 9.96. The normalized spacial score (nSPS) is 20.8. The Labute approximate surface area is 157 Å². The van der Waals surface area contributed by atoms with Crippen molar-refractivity contribution in [3.05, 3.63) is 101 Å². The van der Waals surface area contributed by atoms with E-state index in [0.717, 1.165) is 29.0 Å². The van der Waals surface area contributed by atoms with E-state index < -0.39 is 0 Å². The van der Waals surface area contributed by atoms with E-state index in [1.54, 1.807) is 0 Å². The molecule has 0 spiro atoms. The molecule has 3 aromatic rings. The molecule has 0 saturated carbocycles. The minimum atomic E-state index is -0.283. The Morgan fingerprint density at radius 3 is 2.58 bits per heavy atom. The lowest BCUT2D eigenvalue weighted by Gasteiger charge is -2.38. The maximum Gasteiger partial charge on any atom is 0.213 e. The van der Waals surface area contributed by atoms with Crippen molar-refractivity contribution in [2.24, 2.45) is 5.10 Å². The van der Waals surface area contributed by atoms with Gasteiger partial charge < -0.3 is 4.74 Å². The predicted octanol–water partition coefficient (Wildman–Crippen LogP) is 5.58. The number of hydrazone groups is 1. The smallest absolute Gasteiger partial charge is 0.213 e. The molecule has 0 fully saturated rings. The van der Waals surface area contributed by atoms with Gasteiger partial charge in [0.05, 0.1) is 11.8 Å². The molecule has 4 heteroatoms. The van der Waals surface area contributed by atoms with Gasteiger partial charge in [0.15, 0.2) is 0 Å². The van der Waals surface area contributed by atoms with E-state index in [-0.39, 0.29) is 12.3 Å². The summed E-state index contributed by atoms with van der Waals surface area (Å²) in [4.78, 5) is 0. The van der Waals surface area contributed by atoms with Crippen molar-refractivity contribution in [3.63, 3.8) is 0 Å². The molecule has 2 unspecified atom stereocenters. The maximum atomic E-state index is 6.33. The zero-order valence-corrected chi connectivity index (χ0v) is 14.8. The second kappa shape index (κ2) is 6.19. The minimum absolute atomic E-state index is 0.166. The molecule has 0 bridgehead atoms. The van der Waals surface area contributed by atoms with Crippen molar-refractivity contribution < 1.29 is 4.74 Å². The number of hydrogen-bond donors (Lipinski definition) is 0. The summed E-state index contributed by atoms with van der Waals surface area (Å²) in [5, 5.41) is 7.73. The molecule has 0 saturated heterocycles. The molecule has 2 atom stereocenters. The molecule has 2 aliphatic rings. The molecular weight excluding hydrogens is 344 g/mol. The van der Waals surface area contributed by atoms with Crippen LogP contribution in [0.4, 0.5) is 0 Å². The van der Waals surface area contributed by atoms with Gasteiger partial charge in [-0.15, -0.1) is 0 Å². The number of hydrogen-bond acceptors (Lipinski definition) is 3. The molecule has 2 aliphatic heterocycles. The number of para-hydroxylation sites is 1. The summed E-state index contributed by atoms with van der Waals surface area (Å²) in [5.74, 6) is 0.920. The fourth-order valence-electron chi connectivity index (χ4n) is 3.72. The highest BCUT2D eigenvalue weighted by molar-refractivity contribution is 6.30. The summed E-state index contributed by atoms with van der Waals surface area (Å²) < 4.78 is 6.33. The van der Waals surface area contributed by atoms with Gasteiger partial charge in [-0.3, -0.25) is 0 Å². The molecule has 2 heterocycles. The van der Waals surface area contributed by atoms with Gasteiger partial charge >= 0.3 is 0 Å². The van der Waals surface area contributed by atoms with E-state index in [4.69, 9.17) is 21.4 Å². The summed E-state index contributed by atoms with van der Waals surface area (Å²) in [6, 6.07) is 26.6. The standard InChI is InChI=1S/C22H17ClN2O/c23-17-10-6-9-16(13-17)22-25-20(18-11-4-5-12-21(18)26-22)14-19(24-25)15-7-2-1-3-8-15/h1-13,20,22H,14H2. The molecule has 26 heavy (non-hydrogen) atoms. The molecular formula is C22H17ClN2O. The molecule has 3 nitrogen and oxygen atoms in total. The number of fused-ring (bicyclic) bond motifs is 3. The Kier molecular flexibility index (Phi) is 3.68. The van der Waals surface area contributed by atoms with Gasteiger partial charge in [-0.1, -0.05) is 72.3 Å². The van der Waals surface area contributed by atoms with Crippen LogP contribution in [0.1, 0.15) is 35.4 Å². The third-order valence-electron chi connectivity index (χ3n) is 4.94. The third kappa shape index (κ3) is 2.56. The fourth-order valence-corrected chi connectivity index (χ4v) is 3.92. The van der Waals surface area contributed by atoms with Crippen LogP contribution in [0, 0.1) is 0 Å². The van der Waals surface area contributed by atoms with Crippen molar-refractivity contribution in [2.45, 2.75) is 18.7 Å². The molecule has 0 N–H and O–H groups in total. The van der Waals surface area contributed by atoms with E-state index in [0.29, 0.717) is 5.02 Å². The van der Waals surface area contributed by atoms with Crippen LogP contribution in [-0.2, 0) is 0 Å². The summed E-state index contributed by atoms with van der Waals surface area (Å²) in [6.07, 6.45) is 0.580. The number of ether oxygens (including phenoxy) is 1. The molecule has 3 aromatic carbocycles. The lowest BCUT2D eigenvalue weighted by Crippen LogP contribution is -2.33. The summed E-state index contributed by atoms with van der Waals surface area (Å²) in [7, 11) is 0. The topological polar surface area (TPSA) is 24.8 Å². The number of halogens is 1. The van der Waals surface area contributed by atoms with Crippen LogP contribution in [0.15, 0.2) is 84.0 Å². The molecule has 0 aromatic heterocycles. The number of nitrogens with zero attached hydrogens (tertiary/aromatic N) is 2. The van der Waals surface area contributed by atoms with Crippen LogP contribution in [0.2, 0.25) is 5.02 Å². The Balaban J connectivity index is 1.61. The average Bonchev–Trinajstić information content (AvgIpc) is 3.14. The zero-order chi connectivity index (χ0) is 17.5. The first-order valence-electron chi connectivity index (χ1n) is 8.72. The molecule has 0 amide bonds. The largest absolute Gasteiger partial charge is 0.464 e. The van der Waals surface area contributed by atoms with Gasteiger partial charge in [0.1, 0.15) is 5.75 Å². The van der Waals surface area contributed by atoms with Gasteiger partial charge in [0, 0.05) is 22.6 Å². The van der Waals surface area contributed by atoms with Crippen molar-refractivity contribution in [1.82, 2.24) is 5.01 Å². The quantitative estimate of drug-likeness (QED) is 0.595. The van der Waals surface area contributed by atoms with Crippen molar-refractivity contribution in [3.8, 4) is 5.75 Å². The van der Waals surface area contributed by atoms with Gasteiger partial charge in [-0.05, 0) is 23.8 Å². The Morgan fingerprint density at radius 1 is 0.923 bits per heavy atom. The van der Waals surface area contributed by atoms with Crippen molar-refractivity contribution in [1.29, 1.82) is 0 Å². The van der Waals surface area contributed by atoms with E-state index in [1.807, 2.05) is 54.6 Å². The third-order valence-corrected chi connectivity index (χ3v) is 5.18. The molecule has 0 radical (unpaired) electrons. The first-order valence-corrected chi connectivity index (χ1v) is 9.10. The Hall–Kier alpha value is -2.78. The Morgan fingerprint density at radius 2 is 1.73 bits per heavy atom. The molecule has 5 rings (SSSR count). The van der Waals surface area contributed by atoms with Crippen LogP contribution in [0.3, 0.4) is 0 Å². The van der Waals surface area contributed by atoms with E-state index >= 15 is 0 Å². The van der Waals surface area contributed by atoms with Crippen LogP contribution in [0.25, 0.3) is 0 Å². The minimum Gasteiger partial charge on any atom is -0.464 e. The van der Waals surface area contributed by atoms with Crippen LogP contribution in [-0.4, -0.2) is 10.7 Å². The monoisotopic (exact) mass is 360 g/mol. The summed E-state index contributed by atoms with van der Waals surface area (Å²) in [6.45, 7) is 0. The van der Waals surface area contributed by atoms with Gasteiger partial charge in [-0.2, -0.15) is 5.10 Å². The average molecular weight is 361 g/mol. The second-order valence-corrected chi connectivity index (χ2v) is 7.01. The molecule has 0 aliphatic carbocycles. The van der Waals surface area contributed by atoms with Gasteiger partial charge in [0.2, 0.25) is 6.23 Å². The van der Waals surface area contributed by atoms with Gasteiger partial charge in [0.25, 0.3) is 0 Å². The first-order chi connectivity index (χ1) is 12.8. The highest BCUT2D eigenvalue weighted by atomic mass is 35.5. The van der Waals surface area contributed by atoms with Gasteiger partial charge in [-0.25, -0.2) is 5.01 Å². The molecule has 128 valence electrons. The Bertz CT molecular complexity index is 986. The summed E-state index contributed by atoms with van der Waals surface area (Å²) >= 11 is 6.22.